The van der Waals surface area contributed by atoms with E-state index < -0.39 is 17.1 Å². The third kappa shape index (κ3) is 3.99. The molecule has 5 rings (SSSR count). The molecule has 0 fully saturated rings. The Morgan fingerprint density at radius 1 is 1.22 bits per heavy atom. The lowest BCUT2D eigenvalue weighted by molar-refractivity contribution is 0.387. The average Bonchev–Trinajstić information content (AvgIpc) is 3.29. The quantitative estimate of drug-likeness (QED) is 0.256. The molecule has 0 saturated carbocycles. The van der Waals surface area contributed by atoms with E-state index in [-0.39, 0.29) is 28.4 Å². The van der Waals surface area contributed by atoms with Crippen LogP contribution in [0.25, 0.3) is 37.1 Å². The first-order valence-corrected chi connectivity index (χ1v) is 12.6. The van der Waals surface area contributed by atoms with Crippen LogP contribution < -0.4 is 16.0 Å². The molecule has 0 N–H and O–H groups in total. The van der Waals surface area contributed by atoms with Crippen LogP contribution in [0.3, 0.4) is 0 Å². The third-order valence-electron chi connectivity index (χ3n) is 5.72. The van der Waals surface area contributed by atoms with Crippen molar-refractivity contribution in [3.8, 4) is 27.9 Å². The molecule has 5 aromatic rings. The van der Waals surface area contributed by atoms with E-state index in [2.05, 4.69) is 20.9 Å². The highest BCUT2D eigenvalue weighted by Gasteiger charge is 2.21. The lowest BCUT2D eigenvalue weighted by atomic mass is 10.1. The molecular formula is C25H15BrClFN4O3S. The van der Waals surface area contributed by atoms with Crippen LogP contribution in [-0.2, 0) is 6.54 Å². The Balaban J connectivity index is 1.85. The summed E-state index contributed by atoms with van der Waals surface area (Å²) in [6.45, 7) is 0.0741. The van der Waals surface area contributed by atoms with E-state index in [0.29, 0.717) is 27.0 Å². The van der Waals surface area contributed by atoms with Gasteiger partial charge in [0.15, 0.2) is 11.6 Å². The van der Waals surface area contributed by atoms with Crippen molar-refractivity contribution >= 4 is 59.9 Å². The maximum atomic E-state index is 14.1. The number of halogens is 3. The minimum Gasteiger partial charge on any atom is -0.494 e. The maximum Gasteiger partial charge on any atom is 0.336 e. The summed E-state index contributed by atoms with van der Waals surface area (Å²) in [6, 6.07) is 11.8. The van der Waals surface area contributed by atoms with Crippen molar-refractivity contribution in [3.05, 3.63) is 84.9 Å². The fourth-order valence-corrected chi connectivity index (χ4v) is 5.83. The van der Waals surface area contributed by atoms with E-state index in [4.69, 9.17) is 16.3 Å². The van der Waals surface area contributed by atoms with Crippen LogP contribution in [0.15, 0.2) is 62.9 Å². The normalized spacial score (nSPS) is 11.2. The van der Waals surface area contributed by atoms with E-state index in [1.54, 1.807) is 12.3 Å². The molecule has 0 unspecified atom stereocenters. The van der Waals surface area contributed by atoms with Gasteiger partial charge < -0.3 is 4.74 Å². The second-order valence-corrected chi connectivity index (χ2v) is 10.2. The largest absolute Gasteiger partial charge is 0.494 e. The molecule has 0 amide bonds. The average molecular weight is 586 g/mol. The molecule has 0 atom stereocenters. The highest BCUT2D eigenvalue weighted by atomic mass is 79.9. The molecule has 11 heteroatoms. The maximum absolute atomic E-state index is 14.1. The van der Waals surface area contributed by atoms with Gasteiger partial charge in [0.25, 0.3) is 5.56 Å². The van der Waals surface area contributed by atoms with Gasteiger partial charge in [-0.2, -0.15) is 5.26 Å². The SMILES string of the molecule is COc1cc(-c2cc3c(s2)c(=O)n(-c2cncc4ccc(Br)cc24)c(=O)n3CCC#N)c(Cl)cc1F. The monoisotopic (exact) mass is 584 g/mol. The van der Waals surface area contributed by atoms with Gasteiger partial charge in [-0.15, -0.1) is 11.3 Å². The minimum atomic E-state index is -0.615. The van der Waals surface area contributed by atoms with Gasteiger partial charge in [-0.25, -0.2) is 13.8 Å². The zero-order chi connectivity index (χ0) is 25.6. The van der Waals surface area contributed by atoms with Crippen LogP contribution >= 0.6 is 38.9 Å². The van der Waals surface area contributed by atoms with Crippen molar-refractivity contribution in [3.63, 3.8) is 0 Å². The van der Waals surface area contributed by atoms with Crippen molar-refractivity contribution in [1.82, 2.24) is 14.1 Å². The number of rotatable bonds is 5. The van der Waals surface area contributed by atoms with Crippen molar-refractivity contribution < 1.29 is 9.13 Å². The molecule has 0 saturated heterocycles. The number of hydrogen-bond donors (Lipinski definition) is 0. The number of hydrogen-bond acceptors (Lipinski definition) is 6. The van der Waals surface area contributed by atoms with E-state index in [1.165, 1.54) is 23.9 Å². The number of ether oxygens (including phenoxy) is 1. The van der Waals surface area contributed by atoms with Crippen molar-refractivity contribution in [2.24, 2.45) is 0 Å². The number of aromatic nitrogens is 3. The molecule has 2 aromatic carbocycles. The summed E-state index contributed by atoms with van der Waals surface area (Å²) in [4.78, 5) is 32.2. The van der Waals surface area contributed by atoms with Crippen LogP contribution in [0.5, 0.6) is 5.75 Å². The molecule has 0 aliphatic rings. The summed E-state index contributed by atoms with van der Waals surface area (Å²) in [5, 5.41) is 10.7. The first-order chi connectivity index (χ1) is 17.3. The fourth-order valence-electron chi connectivity index (χ4n) is 4.04. The number of nitriles is 1. The summed E-state index contributed by atoms with van der Waals surface area (Å²) in [5.74, 6) is -0.617. The fraction of sp³-hybridized carbons (Fsp3) is 0.120. The third-order valence-corrected chi connectivity index (χ3v) is 7.67. The molecule has 0 bridgehead atoms. The van der Waals surface area contributed by atoms with Crippen LogP contribution in [0, 0.1) is 17.1 Å². The van der Waals surface area contributed by atoms with E-state index >= 15 is 0 Å². The molecule has 0 aliphatic carbocycles. The van der Waals surface area contributed by atoms with Gasteiger partial charge in [0.1, 0.15) is 4.70 Å². The topological polar surface area (TPSA) is 89.9 Å². The number of aryl methyl sites for hydroxylation is 1. The summed E-state index contributed by atoms with van der Waals surface area (Å²) in [7, 11) is 1.34. The summed E-state index contributed by atoms with van der Waals surface area (Å²) in [6.07, 6.45) is 3.17. The number of thiophene rings is 1. The van der Waals surface area contributed by atoms with Crippen LogP contribution in [0.1, 0.15) is 6.42 Å². The molecular weight excluding hydrogens is 571 g/mol. The Morgan fingerprint density at radius 3 is 2.78 bits per heavy atom. The first kappa shape index (κ1) is 24.2. The number of nitrogens with zero attached hydrogens (tertiary/aromatic N) is 4. The molecule has 7 nitrogen and oxygen atoms in total. The van der Waals surface area contributed by atoms with Crippen LogP contribution in [-0.4, -0.2) is 21.2 Å². The molecule has 0 radical (unpaired) electrons. The van der Waals surface area contributed by atoms with E-state index in [0.717, 1.165) is 31.8 Å². The smallest absolute Gasteiger partial charge is 0.336 e. The standard InChI is InChI=1S/C25H15BrClFN4O3S/c1-35-21-8-16(17(27)9-18(21)28)22-10-19-23(36-22)24(33)32(25(34)31(19)6-2-5-29)20-12-30-11-13-3-4-14(26)7-15(13)20/h3-4,7-12H,2,6H2,1H3. The molecule has 180 valence electrons. The highest BCUT2D eigenvalue weighted by molar-refractivity contribution is 9.10. The first-order valence-electron chi connectivity index (χ1n) is 10.6. The van der Waals surface area contributed by atoms with E-state index in [9.17, 15) is 19.2 Å². The van der Waals surface area contributed by atoms with Gasteiger partial charge in [-0.05, 0) is 30.3 Å². The Labute approximate surface area is 220 Å². The van der Waals surface area contributed by atoms with Gasteiger partial charge >= 0.3 is 5.69 Å². The molecule has 0 aliphatic heterocycles. The van der Waals surface area contributed by atoms with Gasteiger partial charge in [0.2, 0.25) is 0 Å². The minimum absolute atomic E-state index is 0.00135. The molecule has 3 heterocycles. The van der Waals surface area contributed by atoms with Crippen LogP contribution in [0.2, 0.25) is 5.02 Å². The van der Waals surface area contributed by atoms with Gasteiger partial charge in [-0.1, -0.05) is 33.6 Å². The van der Waals surface area contributed by atoms with Gasteiger partial charge in [-0.3, -0.25) is 14.3 Å². The molecule has 36 heavy (non-hydrogen) atoms. The van der Waals surface area contributed by atoms with Crippen LogP contribution in [0.4, 0.5) is 4.39 Å². The summed E-state index contributed by atoms with van der Waals surface area (Å²) in [5.41, 5.74) is 0.0262. The Kier molecular flexibility index (Phi) is 6.38. The second-order valence-electron chi connectivity index (χ2n) is 7.80. The van der Waals surface area contributed by atoms with Crippen molar-refractivity contribution in [1.29, 1.82) is 5.26 Å². The molecule has 0 spiro atoms. The Bertz CT molecular complexity index is 1840. The van der Waals surface area contributed by atoms with Crippen molar-refractivity contribution in [2.45, 2.75) is 13.0 Å². The lowest BCUT2D eigenvalue weighted by Gasteiger charge is -2.12. The molecule has 3 aromatic heterocycles. The predicted octanol–water partition coefficient (Wildman–Crippen LogP) is 5.91. The Hall–Kier alpha value is -3.52. The van der Waals surface area contributed by atoms with E-state index in [1.807, 2.05) is 24.3 Å². The number of pyridine rings is 1. The Morgan fingerprint density at radius 2 is 2.03 bits per heavy atom. The van der Waals surface area contributed by atoms with Gasteiger partial charge in [0, 0.05) is 38.4 Å². The zero-order valence-corrected chi connectivity index (χ0v) is 21.7. The lowest BCUT2D eigenvalue weighted by Crippen LogP contribution is -2.38. The summed E-state index contributed by atoms with van der Waals surface area (Å²) >= 11 is 10.9. The predicted molar refractivity (Wildman–Crippen MR) is 142 cm³/mol. The number of methoxy groups -OCH3 is 1. The second kappa shape index (κ2) is 9.50. The number of fused-ring (bicyclic) bond motifs is 2. The highest BCUT2D eigenvalue weighted by Crippen LogP contribution is 2.39. The van der Waals surface area contributed by atoms with Crippen molar-refractivity contribution in [2.75, 3.05) is 7.11 Å². The summed E-state index contributed by atoms with van der Waals surface area (Å²) < 4.78 is 22.7. The van der Waals surface area contributed by atoms with Gasteiger partial charge in [0.05, 0.1) is 42.0 Å². The zero-order valence-electron chi connectivity index (χ0n) is 18.6. The number of benzene rings is 2.